The van der Waals surface area contributed by atoms with Gasteiger partial charge in [0.15, 0.2) is 5.96 Å². The normalized spacial score (nSPS) is 12.5. The van der Waals surface area contributed by atoms with Crippen LogP contribution in [0, 0.1) is 0 Å². The molecule has 0 aromatic heterocycles. The number of hydrogen-bond acceptors (Lipinski definition) is 4. The van der Waals surface area contributed by atoms with Crippen molar-refractivity contribution in [2.75, 3.05) is 40.9 Å². The lowest BCUT2D eigenvalue weighted by Gasteiger charge is -2.12. The molecule has 0 aliphatic heterocycles. The van der Waals surface area contributed by atoms with Crippen LogP contribution in [-0.2, 0) is 21.3 Å². The molecular weight excluding hydrogens is 328 g/mol. The van der Waals surface area contributed by atoms with Gasteiger partial charge in [-0.1, -0.05) is 12.1 Å². The number of nitrogens with zero attached hydrogens (tertiary/aromatic N) is 2. The molecule has 0 aliphatic rings. The van der Waals surface area contributed by atoms with Crippen LogP contribution in [-0.4, -0.2) is 59.6 Å². The molecule has 1 rings (SSSR count). The summed E-state index contributed by atoms with van der Waals surface area (Å²) in [7, 11) is 1.33. The summed E-state index contributed by atoms with van der Waals surface area (Å²) in [5.41, 5.74) is 0.946. The summed E-state index contributed by atoms with van der Waals surface area (Å²) in [6.07, 6.45) is 0.901. The van der Waals surface area contributed by atoms with Crippen LogP contribution in [0.4, 0.5) is 0 Å². The Morgan fingerprint density at radius 2 is 1.88 bits per heavy atom. The van der Waals surface area contributed by atoms with E-state index in [0.29, 0.717) is 13.2 Å². The lowest BCUT2D eigenvalue weighted by Crippen LogP contribution is -2.38. The highest BCUT2D eigenvalue weighted by atomic mass is 32.2. The van der Waals surface area contributed by atoms with Crippen molar-refractivity contribution < 1.29 is 13.2 Å². The van der Waals surface area contributed by atoms with Crippen LogP contribution in [0.1, 0.15) is 18.9 Å². The summed E-state index contributed by atoms with van der Waals surface area (Å²) in [5.74, 6) is 0.735. The van der Waals surface area contributed by atoms with Gasteiger partial charge in [-0.25, -0.2) is 17.7 Å². The van der Waals surface area contributed by atoms with Crippen molar-refractivity contribution >= 4 is 16.0 Å². The highest BCUT2D eigenvalue weighted by Gasteiger charge is 2.16. The van der Waals surface area contributed by atoms with E-state index < -0.39 is 10.0 Å². The number of hydrogen-bond donors (Lipinski definition) is 2. The molecule has 0 fully saturated rings. The first-order chi connectivity index (χ1) is 11.4. The predicted octanol–water partition coefficient (Wildman–Crippen LogP) is 1.03. The molecule has 0 atom stereocenters. The Kier molecular flexibility index (Phi) is 8.73. The van der Waals surface area contributed by atoms with Crippen LogP contribution >= 0.6 is 0 Å². The van der Waals surface area contributed by atoms with E-state index in [-0.39, 0.29) is 4.90 Å². The van der Waals surface area contributed by atoms with E-state index in [0.717, 1.165) is 31.0 Å². The largest absolute Gasteiger partial charge is 0.385 e. The fourth-order valence-electron chi connectivity index (χ4n) is 1.91. The SMILES string of the molecule is CCNC(=NCc1ccc(S(=O)(=O)N(C)C)cc1)NCCCOC. The summed E-state index contributed by atoms with van der Waals surface area (Å²) in [4.78, 5) is 4.78. The minimum atomic E-state index is -3.39. The summed E-state index contributed by atoms with van der Waals surface area (Å²) in [5, 5.41) is 6.41. The van der Waals surface area contributed by atoms with Crippen molar-refractivity contribution in [2.24, 2.45) is 4.99 Å². The van der Waals surface area contributed by atoms with Crippen LogP contribution in [0.25, 0.3) is 0 Å². The summed E-state index contributed by atoms with van der Waals surface area (Å²) in [6.45, 7) is 4.74. The number of benzene rings is 1. The lowest BCUT2D eigenvalue weighted by molar-refractivity contribution is 0.195. The zero-order chi connectivity index (χ0) is 18.0. The molecule has 0 saturated heterocycles. The third-order valence-electron chi connectivity index (χ3n) is 3.28. The highest BCUT2D eigenvalue weighted by molar-refractivity contribution is 7.89. The molecule has 0 amide bonds. The molecule has 1 aromatic rings. The third kappa shape index (κ3) is 6.46. The molecule has 2 N–H and O–H groups in total. The maximum atomic E-state index is 12.0. The van der Waals surface area contributed by atoms with Gasteiger partial charge < -0.3 is 15.4 Å². The zero-order valence-corrected chi connectivity index (χ0v) is 15.7. The van der Waals surface area contributed by atoms with Gasteiger partial charge in [-0.15, -0.1) is 0 Å². The number of nitrogens with one attached hydrogen (secondary N) is 2. The molecule has 7 nitrogen and oxygen atoms in total. The van der Waals surface area contributed by atoms with Gasteiger partial charge >= 0.3 is 0 Å². The Hall–Kier alpha value is -1.64. The van der Waals surface area contributed by atoms with Gasteiger partial charge in [0.05, 0.1) is 11.4 Å². The predicted molar refractivity (Wildman–Crippen MR) is 96.6 cm³/mol. The molecule has 24 heavy (non-hydrogen) atoms. The Labute approximate surface area is 145 Å². The minimum absolute atomic E-state index is 0.282. The molecule has 0 spiro atoms. The van der Waals surface area contributed by atoms with E-state index in [1.54, 1.807) is 31.4 Å². The molecule has 1 aromatic carbocycles. The first kappa shape index (κ1) is 20.4. The quantitative estimate of drug-likeness (QED) is 0.392. The number of sulfonamides is 1. The molecule has 0 heterocycles. The molecule has 0 saturated carbocycles. The number of rotatable bonds is 9. The first-order valence-corrected chi connectivity index (χ1v) is 9.38. The second kappa shape index (κ2) is 10.3. The maximum absolute atomic E-state index is 12.0. The van der Waals surface area contributed by atoms with Gasteiger partial charge in [0, 0.05) is 40.9 Å². The van der Waals surface area contributed by atoms with Crippen LogP contribution in [0.5, 0.6) is 0 Å². The number of aliphatic imine (C=N–C) groups is 1. The third-order valence-corrected chi connectivity index (χ3v) is 5.11. The topological polar surface area (TPSA) is 83.0 Å². The molecule has 136 valence electrons. The average Bonchev–Trinajstić information content (AvgIpc) is 2.56. The molecule has 0 unspecified atom stereocenters. The molecule has 0 aliphatic carbocycles. The molecule has 0 bridgehead atoms. The van der Waals surface area contributed by atoms with Crippen molar-refractivity contribution in [3.8, 4) is 0 Å². The second-order valence-electron chi connectivity index (χ2n) is 5.40. The standard InChI is InChI=1S/C16H28N4O3S/c1-5-17-16(18-11-6-12-23-4)19-13-14-7-9-15(10-8-14)24(21,22)20(2)3/h7-10H,5-6,11-13H2,1-4H3,(H2,17,18,19). The Morgan fingerprint density at radius 3 is 2.42 bits per heavy atom. The minimum Gasteiger partial charge on any atom is -0.385 e. The Balaban J connectivity index is 2.69. The Bertz CT molecular complexity index is 613. The second-order valence-corrected chi connectivity index (χ2v) is 7.55. The average molecular weight is 356 g/mol. The lowest BCUT2D eigenvalue weighted by atomic mass is 10.2. The maximum Gasteiger partial charge on any atom is 0.242 e. The van der Waals surface area contributed by atoms with Crippen molar-refractivity contribution in [3.63, 3.8) is 0 Å². The molecular formula is C16H28N4O3S. The van der Waals surface area contributed by atoms with E-state index >= 15 is 0 Å². The van der Waals surface area contributed by atoms with E-state index in [1.807, 2.05) is 6.92 Å². The monoisotopic (exact) mass is 356 g/mol. The van der Waals surface area contributed by atoms with Gasteiger partial charge in [0.2, 0.25) is 10.0 Å². The summed E-state index contributed by atoms with van der Waals surface area (Å²) >= 11 is 0. The fraction of sp³-hybridized carbons (Fsp3) is 0.562. The van der Waals surface area contributed by atoms with Gasteiger partial charge in [0.1, 0.15) is 0 Å². The smallest absolute Gasteiger partial charge is 0.242 e. The van der Waals surface area contributed by atoms with E-state index in [2.05, 4.69) is 15.6 Å². The van der Waals surface area contributed by atoms with Crippen molar-refractivity contribution in [1.29, 1.82) is 0 Å². The van der Waals surface area contributed by atoms with E-state index in [1.165, 1.54) is 18.4 Å². The van der Waals surface area contributed by atoms with Crippen LogP contribution in [0.15, 0.2) is 34.2 Å². The first-order valence-electron chi connectivity index (χ1n) is 7.94. The van der Waals surface area contributed by atoms with E-state index in [9.17, 15) is 8.42 Å². The van der Waals surface area contributed by atoms with E-state index in [4.69, 9.17) is 4.74 Å². The van der Waals surface area contributed by atoms with Crippen molar-refractivity contribution in [3.05, 3.63) is 29.8 Å². The summed E-state index contributed by atoms with van der Waals surface area (Å²) < 4.78 is 30.3. The van der Waals surface area contributed by atoms with Gasteiger partial charge in [-0.2, -0.15) is 0 Å². The fourth-order valence-corrected chi connectivity index (χ4v) is 2.81. The van der Waals surface area contributed by atoms with Crippen LogP contribution in [0.2, 0.25) is 0 Å². The van der Waals surface area contributed by atoms with Crippen molar-refractivity contribution in [1.82, 2.24) is 14.9 Å². The Morgan fingerprint density at radius 1 is 1.21 bits per heavy atom. The van der Waals surface area contributed by atoms with Gasteiger partial charge in [0.25, 0.3) is 0 Å². The number of guanidine groups is 1. The highest BCUT2D eigenvalue weighted by Crippen LogP contribution is 2.14. The molecule has 8 heteroatoms. The zero-order valence-electron chi connectivity index (χ0n) is 14.9. The number of ether oxygens (including phenoxy) is 1. The van der Waals surface area contributed by atoms with Crippen LogP contribution < -0.4 is 10.6 Å². The summed E-state index contributed by atoms with van der Waals surface area (Å²) in [6, 6.07) is 6.79. The van der Waals surface area contributed by atoms with Crippen LogP contribution in [0.3, 0.4) is 0 Å². The van der Waals surface area contributed by atoms with Crippen molar-refractivity contribution in [2.45, 2.75) is 24.8 Å². The molecule has 0 radical (unpaired) electrons. The number of methoxy groups -OCH3 is 1. The van der Waals surface area contributed by atoms with Gasteiger partial charge in [-0.05, 0) is 31.0 Å². The van der Waals surface area contributed by atoms with Gasteiger partial charge in [-0.3, -0.25) is 0 Å².